The van der Waals surface area contributed by atoms with Crippen LogP contribution in [0.5, 0.6) is 0 Å². The number of likely N-dealkylation sites (N-methyl/N-ethyl adjacent to an activating group) is 3. The predicted octanol–water partition coefficient (Wildman–Crippen LogP) is 0.595. The zero-order chi connectivity index (χ0) is 47.3. The van der Waals surface area contributed by atoms with E-state index in [1.165, 1.54) is 33.0 Å². The number of aliphatic hydroxyl groups excluding tert-OH is 1. The SMILES string of the molecule is CC(C)C[C@H]1C(=O)N[C@@H]([C@@H](C)O)C(=O)N(C)[C@@H](Cc2ccccc2)C(=O)N[C@@H](COC(C)(C)C)C(=O)NC(C(=O)N2CCCCC2)CC(=O)N[C@@H](C(C)C)C(=O)N(C)CC(=O)N1C. The largest absolute Gasteiger partial charge is 0.391 e. The molecule has 63 heavy (non-hydrogen) atoms. The summed E-state index contributed by atoms with van der Waals surface area (Å²) in [6, 6.07) is 0.814. The van der Waals surface area contributed by atoms with Crippen LogP contribution >= 0.6 is 0 Å². The Bertz CT molecular complexity index is 1760. The van der Waals surface area contributed by atoms with Crippen molar-refractivity contribution in [3.05, 3.63) is 35.9 Å². The Balaban J connectivity index is 2.21. The smallest absolute Gasteiger partial charge is 0.248 e. The first-order chi connectivity index (χ1) is 29.4. The normalized spacial score (nSPS) is 25.5. The van der Waals surface area contributed by atoms with Crippen LogP contribution in [-0.4, -0.2) is 167 Å². The Morgan fingerprint density at radius 1 is 0.762 bits per heavy atom. The van der Waals surface area contributed by atoms with E-state index in [1.807, 2.05) is 13.8 Å². The average Bonchev–Trinajstić information content (AvgIpc) is 3.22. The third kappa shape index (κ3) is 15.6. The molecule has 0 bridgehead atoms. The third-order valence-corrected chi connectivity index (χ3v) is 11.3. The monoisotopic (exact) mass is 885 g/mol. The van der Waals surface area contributed by atoms with Crippen molar-refractivity contribution < 1.29 is 48.2 Å². The van der Waals surface area contributed by atoms with Gasteiger partial charge in [0.1, 0.15) is 36.3 Å². The fourth-order valence-electron chi connectivity index (χ4n) is 7.47. The molecule has 2 fully saturated rings. The Morgan fingerprint density at radius 3 is 1.92 bits per heavy atom. The number of hydrogen-bond acceptors (Lipinski definition) is 10. The number of hydrogen-bond donors (Lipinski definition) is 5. The maximum absolute atomic E-state index is 14.6. The third-order valence-electron chi connectivity index (χ3n) is 11.3. The van der Waals surface area contributed by atoms with Crippen molar-refractivity contribution in [1.29, 1.82) is 0 Å². The zero-order valence-electron chi connectivity index (χ0n) is 39.1. The molecule has 0 aromatic heterocycles. The molecule has 1 aromatic carbocycles. The molecule has 5 N–H and O–H groups in total. The number of nitrogens with one attached hydrogen (secondary N) is 4. The van der Waals surface area contributed by atoms with Crippen molar-refractivity contribution in [3.8, 4) is 0 Å². The second-order valence-corrected chi connectivity index (χ2v) is 18.7. The van der Waals surface area contributed by atoms with Crippen molar-refractivity contribution in [2.45, 2.75) is 142 Å². The van der Waals surface area contributed by atoms with Gasteiger partial charge in [0.25, 0.3) is 0 Å². The van der Waals surface area contributed by atoms with Crippen LogP contribution in [0.4, 0.5) is 0 Å². The van der Waals surface area contributed by atoms with Crippen molar-refractivity contribution in [3.63, 3.8) is 0 Å². The molecule has 1 aromatic rings. The van der Waals surface area contributed by atoms with Crippen LogP contribution in [0.1, 0.15) is 93.1 Å². The number of likely N-dealkylation sites (tertiary alicyclic amines) is 1. The number of carbonyl (C=O) groups is 8. The maximum Gasteiger partial charge on any atom is 0.248 e. The molecule has 18 heteroatoms. The highest BCUT2D eigenvalue weighted by molar-refractivity contribution is 5.98. The van der Waals surface area contributed by atoms with Gasteiger partial charge in [-0.2, -0.15) is 0 Å². The maximum atomic E-state index is 14.6. The minimum Gasteiger partial charge on any atom is -0.391 e. The molecule has 0 saturated carbocycles. The highest BCUT2D eigenvalue weighted by atomic mass is 16.5. The van der Waals surface area contributed by atoms with E-state index >= 15 is 0 Å². The Morgan fingerprint density at radius 2 is 1.37 bits per heavy atom. The lowest BCUT2D eigenvalue weighted by atomic mass is 9.99. The lowest BCUT2D eigenvalue weighted by Crippen LogP contribution is -2.63. The quantitative estimate of drug-likeness (QED) is 0.232. The lowest BCUT2D eigenvalue weighted by molar-refractivity contribution is -0.148. The van der Waals surface area contributed by atoms with E-state index in [9.17, 15) is 43.5 Å². The Labute approximate surface area is 372 Å². The number of piperidine rings is 1. The number of benzene rings is 1. The molecule has 3 rings (SSSR count). The van der Waals surface area contributed by atoms with Gasteiger partial charge < -0.3 is 50.7 Å². The number of aliphatic hydroxyl groups is 1. The van der Waals surface area contributed by atoms with Crippen LogP contribution < -0.4 is 21.3 Å². The summed E-state index contributed by atoms with van der Waals surface area (Å²) in [5.74, 6) is -6.23. The number of amides is 8. The molecule has 1 unspecified atom stereocenters. The molecular weight excluding hydrogens is 813 g/mol. The first-order valence-electron chi connectivity index (χ1n) is 22.0. The van der Waals surface area contributed by atoms with Crippen LogP contribution in [0, 0.1) is 11.8 Å². The highest BCUT2D eigenvalue weighted by Crippen LogP contribution is 2.18. The van der Waals surface area contributed by atoms with Crippen LogP contribution in [0.3, 0.4) is 0 Å². The summed E-state index contributed by atoms with van der Waals surface area (Å²) in [6.07, 6.45) is 0.467. The van der Waals surface area contributed by atoms with Gasteiger partial charge in [0.2, 0.25) is 47.3 Å². The van der Waals surface area contributed by atoms with Gasteiger partial charge in [-0.05, 0) is 70.8 Å². The van der Waals surface area contributed by atoms with E-state index in [0.29, 0.717) is 18.7 Å². The summed E-state index contributed by atoms with van der Waals surface area (Å²) in [4.78, 5) is 118. The predicted molar refractivity (Wildman–Crippen MR) is 235 cm³/mol. The van der Waals surface area contributed by atoms with E-state index in [-0.39, 0.29) is 25.4 Å². The second kappa shape index (κ2) is 23.5. The van der Waals surface area contributed by atoms with Gasteiger partial charge in [0.15, 0.2) is 0 Å². The molecule has 7 atom stereocenters. The summed E-state index contributed by atoms with van der Waals surface area (Å²) < 4.78 is 6.00. The van der Waals surface area contributed by atoms with Crippen molar-refractivity contribution in [2.75, 3.05) is 47.4 Å². The summed E-state index contributed by atoms with van der Waals surface area (Å²) in [7, 11) is 4.15. The molecule has 0 aliphatic carbocycles. The van der Waals surface area contributed by atoms with Crippen molar-refractivity contribution >= 4 is 47.3 Å². The average molecular weight is 885 g/mol. The molecule has 0 spiro atoms. The highest BCUT2D eigenvalue weighted by Gasteiger charge is 2.40. The van der Waals surface area contributed by atoms with Crippen LogP contribution in [0.15, 0.2) is 30.3 Å². The first-order valence-corrected chi connectivity index (χ1v) is 22.0. The van der Waals surface area contributed by atoms with E-state index in [1.54, 1.807) is 69.9 Å². The molecule has 2 heterocycles. The molecule has 2 aliphatic rings. The number of rotatable bonds is 9. The van der Waals surface area contributed by atoms with Gasteiger partial charge in [-0.15, -0.1) is 0 Å². The first kappa shape index (κ1) is 52.2. The molecular formula is C45H72N8O10. The fourth-order valence-corrected chi connectivity index (χ4v) is 7.47. The standard InChI is InChI=1S/C45H72N8O10/c1-27(2)22-33-41(59)49-38(29(5)54)44(62)52(11)34(23-30-18-14-12-15-19-30)40(58)47-32(26-63-45(6,7)8)39(57)46-31(42(60)53-20-16-13-17-21-53)24-35(55)48-37(28(3)4)43(61)50(9)25-36(56)51(33)10/h12,14-15,18-19,27-29,31-34,37-38,54H,13,16-17,20-26H2,1-11H3,(H,46,57)(H,47,58)(H,48,55)(H,49,59)/t29-,31?,32+,33+,34+,37+,38+/m1/s1. The topological polar surface area (TPSA) is 227 Å². The molecule has 8 amide bonds. The van der Waals surface area contributed by atoms with E-state index in [0.717, 1.165) is 29.1 Å². The summed E-state index contributed by atoms with van der Waals surface area (Å²) in [5.41, 5.74) is -0.132. The molecule has 2 saturated heterocycles. The Hall–Kier alpha value is -5.10. The van der Waals surface area contributed by atoms with E-state index in [2.05, 4.69) is 21.3 Å². The molecule has 352 valence electrons. The van der Waals surface area contributed by atoms with Gasteiger partial charge in [0, 0.05) is 40.7 Å². The molecule has 18 nitrogen and oxygen atoms in total. The van der Waals surface area contributed by atoms with Gasteiger partial charge in [-0.1, -0.05) is 58.0 Å². The van der Waals surface area contributed by atoms with Crippen LogP contribution in [-0.2, 0) is 49.5 Å². The minimum absolute atomic E-state index is 0.0451. The summed E-state index contributed by atoms with van der Waals surface area (Å²) in [6.45, 7) is 13.7. The van der Waals surface area contributed by atoms with Gasteiger partial charge >= 0.3 is 0 Å². The van der Waals surface area contributed by atoms with Gasteiger partial charge in [-0.3, -0.25) is 38.4 Å². The molecule has 0 radical (unpaired) electrons. The number of nitrogens with zero attached hydrogens (tertiary/aromatic N) is 4. The second-order valence-electron chi connectivity index (χ2n) is 18.7. The summed E-state index contributed by atoms with van der Waals surface area (Å²) in [5, 5.41) is 21.8. The number of ether oxygens (including phenoxy) is 1. The van der Waals surface area contributed by atoms with Crippen LogP contribution in [0.2, 0.25) is 0 Å². The van der Waals surface area contributed by atoms with E-state index < -0.39 is 114 Å². The van der Waals surface area contributed by atoms with Gasteiger partial charge in [-0.25, -0.2) is 0 Å². The van der Waals surface area contributed by atoms with Crippen LogP contribution in [0.25, 0.3) is 0 Å². The number of carbonyl (C=O) groups excluding carboxylic acids is 8. The van der Waals surface area contributed by atoms with E-state index in [4.69, 9.17) is 4.74 Å². The minimum atomic E-state index is -1.57. The fraction of sp³-hybridized carbons (Fsp3) is 0.689. The zero-order valence-corrected chi connectivity index (χ0v) is 39.1. The lowest BCUT2D eigenvalue weighted by Gasteiger charge is -2.35. The van der Waals surface area contributed by atoms with Crippen molar-refractivity contribution in [2.24, 2.45) is 11.8 Å². The summed E-state index contributed by atoms with van der Waals surface area (Å²) >= 11 is 0. The van der Waals surface area contributed by atoms with Gasteiger partial charge in [0.05, 0.1) is 31.3 Å². The molecule has 2 aliphatic heterocycles. The van der Waals surface area contributed by atoms with Crippen molar-refractivity contribution in [1.82, 2.24) is 40.9 Å². The Kier molecular flexibility index (Phi) is 19.5.